The zero-order valence-electron chi connectivity index (χ0n) is 11.0. The first-order valence-corrected chi connectivity index (χ1v) is 7.44. The predicted octanol–water partition coefficient (Wildman–Crippen LogP) is 4.28. The highest BCUT2D eigenvalue weighted by Crippen LogP contribution is 2.36. The third-order valence-electron chi connectivity index (χ3n) is 2.91. The Labute approximate surface area is 124 Å². The molecule has 1 N–H and O–H groups in total. The molecule has 0 aliphatic heterocycles. The molecule has 0 spiro atoms. The number of benzene rings is 1. The molecule has 0 radical (unpaired) electrons. The highest BCUT2D eigenvalue weighted by atomic mass is 79.9. The quantitative estimate of drug-likeness (QED) is 0.894. The molecule has 2 aromatic rings. The summed E-state index contributed by atoms with van der Waals surface area (Å²) < 4.78 is 20.2. The number of hydrogen-bond acceptors (Lipinski definition) is 3. The van der Waals surface area contributed by atoms with E-state index in [1.807, 2.05) is 20.0 Å². The van der Waals surface area contributed by atoms with E-state index < -0.39 is 0 Å². The number of rotatable bonds is 4. The van der Waals surface area contributed by atoms with Gasteiger partial charge in [0.25, 0.3) is 0 Å². The van der Waals surface area contributed by atoms with E-state index in [-0.39, 0.29) is 11.9 Å². The monoisotopic (exact) mass is 343 g/mol. The molecule has 2 rings (SSSR count). The number of hydrogen-bond donors (Lipinski definition) is 1. The first kappa shape index (κ1) is 14.5. The number of aryl methyl sites for hydroxylation is 1. The first-order valence-electron chi connectivity index (χ1n) is 5.83. The van der Waals surface area contributed by atoms with Crippen molar-refractivity contribution < 1.29 is 9.13 Å². The Morgan fingerprint density at radius 1 is 1.37 bits per heavy atom. The lowest BCUT2D eigenvalue weighted by Crippen LogP contribution is -2.18. The molecule has 1 unspecified atom stereocenters. The van der Waals surface area contributed by atoms with Gasteiger partial charge in [0.15, 0.2) is 0 Å². The fraction of sp³-hybridized carbons (Fsp3) is 0.286. The molecule has 0 bridgehead atoms. The smallest absolute Gasteiger partial charge is 0.132 e. The van der Waals surface area contributed by atoms with Gasteiger partial charge in [0.1, 0.15) is 11.6 Å². The van der Waals surface area contributed by atoms with Crippen molar-refractivity contribution in [1.82, 2.24) is 5.32 Å². The van der Waals surface area contributed by atoms with Crippen LogP contribution in [0.15, 0.2) is 28.7 Å². The van der Waals surface area contributed by atoms with E-state index in [1.165, 1.54) is 18.1 Å². The summed E-state index contributed by atoms with van der Waals surface area (Å²) in [5.74, 6) is 0.259. The molecular formula is C14H15BrFNOS. The second-order valence-corrected chi connectivity index (χ2v) is 6.32. The van der Waals surface area contributed by atoms with Crippen LogP contribution in [0.5, 0.6) is 5.75 Å². The average molecular weight is 344 g/mol. The predicted molar refractivity (Wildman–Crippen MR) is 80.6 cm³/mol. The van der Waals surface area contributed by atoms with Crippen molar-refractivity contribution in [2.75, 3.05) is 14.2 Å². The molecule has 1 aromatic heterocycles. The molecule has 102 valence electrons. The molecule has 0 fully saturated rings. The number of halogens is 2. The van der Waals surface area contributed by atoms with Crippen molar-refractivity contribution in [3.8, 4) is 5.75 Å². The summed E-state index contributed by atoms with van der Waals surface area (Å²) in [6.45, 7) is 2.04. The van der Waals surface area contributed by atoms with Gasteiger partial charge in [0, 0.05) is 25.9 Å². The Morgan fingerprint density at radius 3 is 2.58 bits per heavy atom. The van der Waals surface area contributed by atoms with E-state index in [9.17, 15) is 4.39 Å². The fourth-order valence-electron chi connectivity index (χ4n) is 1.99. The summed E-state index contributed by atoms with van der Waals surface area (Å²) in [4.78, 5) is 2.26. The summed E-state index contributed by atoms with van der Waals surface area (Å²) in [7, 11) is 3.36. The standard InChI is InChI=1S/C14H15BrFNOS/c1-8-6-11(15)14(19-8)13(17-2)10-5-4-9(18-3)7-12(10)16/h4-7,13,17H,1-3H3. The van der Waals surface area contributed by atoms with Crippen molar-refractivity contribution in [1.29, 1.82) is 0 Å². The Bertz CT molecular complexity index is 585. The molecule has 2 nitrogen and oxygen atoms in total. The van der Waals surface area contributed by atoms with Crippen LogP contribution in [0.25, 0.3) is 0 Å². The van der Waals surface area contributed by atoms with Gasteiger partial charge in [-0.1, -0.05) is 6.07 Å². The summed E-state index contributed by atoms with van der Waals surface area (Å²) in [6, 6.07) is 6.83. The van der Waals surface area contributed by atoms with Gasteiger partial charge in [-0.3, -0.25) is 0 Å². The molecule has 0 amide bonds. The molecule has 19 heavy (non-hydrogen) atoms. The average Bonchev–Trinajstić information content (AvgIpc) is 2.71. The van der Waals surface area contributed by atoms with Gasteiger partial charge >= 0.3 is 0 Å². The number of ether oxygens (including phenoxy) is 1. The Hall–Kier alpha value is -0.910. The topological polar surface area (TPSA) is 21.3 Å². The third-order valence-corrected chi connectivity index (χ3v) is 4.94. The minimum atomic E-state index is -0.267. The molecule has 1 atom stereocenters. The Kier molecular flexibility index (Phi) is 4.60. The van der Waals surface area contributed by atoms with Gasteiger partial charge in [0.2, 0.25) is 0 Å². The normalized spacial score (nSPS) is 12.5. The zero-order valence-corrected chi connectivity index (χ0v) is 13.4. The van der Waals surface area contributed by atoms with Gasteiger partial charge in [0.05, 0.1) is 13.2 Å². The van der Waals surface area contributed by atoms with E-state index in [0.29, 0.717) is 11.3 Å². The lowest BCUT2D eigenvalue weighted by atomic mass is 10.0. The molecular weight excluding hydrogens is 329 g/mol. The van der Waals surface area contributed by atoms with Gasteiger partial charge in [-0.2, -0.15) is 0 Å². The van der Waals surface area contributed by atoms with Crippen molar-refractivity contribution >= 4 is 27.3 Å². The minimum Gasteiger partial charge on any atom is -0.497 e. The van der Waals surface area contributed by atoms with E-state index in [0.717, 1.165) is 9.35 Å². The van der Waals surface area contributed by atoms with Crippen molar-refractivity contribution in [3.63, 3.8) is 0 Å². The second kappa shape index (κ2) is 6.03. The van der Waals surface area contributed by atoms with Crippen LogP contribution in [0, 0.1) is 12.7 Å². The summed E-state index contributed by atoms with van der Waals surface area (Å²) in [5.41, 5.74) is 0.617. The van der Waals surface area contributed by atoms with E-state index in [2.05, 4.69) is 21.2 Å². The van der Waals surface area contributed by atoms with Crippen LogP contribution in [0.2, 0.25) is 0 Å². The fourth-order valence-corrected chi connectivity index (χ4v) is 4.00. The number of thiophene rings is 1. The molecule has 1 aromatic carbocycles. The summed E-state index contributed by atoms with van der Waals surface area (Å²) in [5, 5.41) is 3.17. The Balaban J connectivity index is 2.45. The SMILES string of the molecule is CNC(c1ccc(OC)cc1F)c1sc(C)cc1Br. The maximum atomic E-state index is 14.2. The molecule has 1 heterocycles. The molecule has 0 aliphatic rings. The lowest BCUT2D eigenvalue weighted by Gasteiger charge is -2.17. The van der Waals surface area contributed by atoms with Gasteiger partial charge in [-0.15, -0.1) is 11.3 Å². The largest absolute Gasteiger partial charge is 0.497 e. The molecule has 5 heteroatoms. The highest BCUT2D eigenvalue weighted by molar-refractivity contribution is 9.10. The van der Waals surface area contributed by atoms with E-state index in [4.69, 9.17) is 4.74 Å². The maximum Gasteiger partial charge on any atom is 0.132 e. The van der Waals surface area contributed by atoms with Gasteiger partial charge < -0.3 is 10.1 Å². The van der Waals surface area contributed by atoms with Crippen LogP contribution in [0.4, 0.5) is 4.39 Å². The lowest BCUT2D eigenvalue weighted by molar-refractivity contribution is 0.410. The van der Waals surface area contributed by atoms with Crippen LogP contribution >= 0.6 is 27.3 Å². The third kappa shape index (κ3) is 2.99. The highest BCUT2D eigenvalue weighted by Gasteiger charge is 2.21. The Morgan fingerprint density at radius 2 is 2.11 bits per heavy atom. The zero-order chi connectivity index (χ0) is 14.0. The number of methoxy groups -OCH3 is 1. The van der Waals surface area contributed by atoms with E-state index >= 15 is 0 Å². The van der Waals surface area contributed by atoms with Gasteiger partial charge in [-0.25, -0.2) is 4.39 Å². The molecule has 0 saturated carbocycles. The van der Waals surface area contributed by atoms with Crippen molar-refractivity contribution in [2.45, 2.75) is 13.0 Å². The van der Waals surface area contributed by atoms with Gasteiger partial charge in [-0.05, 0) is 42.0 Å². The van der Waals surface area contributed by atoms with E-state index in [1.54, 1.807) is 23.5 Å². The molecule has 0 aliphatic carbocycles. The molecule has 0 saturated heterocycles. The van der Waals surface area contributed by atoms with Crippen LogP contribution in [0.3, 0.4) is 0 Å². The van der Waals surface area contributed by atoms with Crippen LogP contribution in [-0.4, -0.2) is 14.2 Å². The van der Waals surface area contributed by atoms with Crippen LogP contribution < -0.4 is 10.1 Å². The minimum absolute atomic E-state index is 0.168. The summed E-state index contributed by atoms with van der Waals surface area (Å²) in [6.07, 6.45) is 0. The van der Waals surface area contributed by atoms with Crippen molar-refractivity contribution in [2.24, 2.45) is 0 Å². The first-order chi connectivity index (χ1) is 9.06. The number of nitrogens with one attached hydrogen (secondary N) is 1. The van der Waals surface area contributed by atoms with Crippen LogP contribution in [0.1, 0.15) is 21.4 Å². The summed E-state index contributed by atoms with van der Waals surface area (Å²) >= 11 is 5.19. The second-order valence-electron chi connectivity index (χ2n) is 4.18. The maximum absolute atomic E-state index is 14.2. The van der Waals surface area contributed by atoms with Crippen LogP contribution in [-0.2, 0) is 0 Å². The van der Waals surface area contributed by atoms with Crippen molar-refractivity contribution in [3.05, 3.63) is 49.9 Å².